The molecule has 0 amide bonds. The number of aromatic nitrogens is 1. The number of rotatable bonds is 5. The van der Waals surface area contributed by atoms with Gasteiger partial charge in [-0.25, -0.2) is 13.6 Å². The molecule has 0 radical (unpaired) electrons. The molecule has 0 fully saturated rings. The van der Waals surface area contributed by atoms with Gasteiger partial charge in [0.05, 0.1) is 17.9 Å². The van der Waals surface area contributed by atoms with Gasteiger partial charge in [-0.3, -0.25) is 4.79 Å². The summed E-state index contributed by atoms with van der Waals surface area (Å²) in [5.74, 6) is -1.98. The lowest BCUT2D eigenvalue weighted by Gasteiger charge is -2.29. The van der Waals surface area contributed by atoms with Gasteiger partial charge in [0.1, 0.15) is 5.82 Å². The van der Waals surface area contributed by atoms with Crippen LogP contribution in [0.25, 0.3) is 33.0 Å². The van der Waals surface area contributed by atoms with E-state index in [1.807, 2.05) is 6.92 Å². The van der Waals surface area contributed by atoms with Gasteiger partial charge in [0, 0.05) is 23.6 Å². The highest BCUT2D eigenvalue weighted by molar-refractivity contribution is 6.01. The zero-order chi connectivity index (χ0) is 28.9. The number of ether oxygens (including phenoxy) is 2. The fraction of sp³-hybridized carbons (Fsp3) is 0.312. The van der Waals surface area contributed by atoms with Gasteiger partial charge in [-0.2, -0.15) is 0 Å². The highest BCUT2D eigenvalue weighted by atomic mass is 19.1. The van der Waals surface area contributed by atoms with Crippen molar-refractivity contribution in [3.8, 4) is 28.0 Å². The van der Waals surface area contributed by atoms with Gasteiger partial charge < -0.3 is 19.1 Å². The zero-order valence-electron chi connectivity index (χ0n) is 23.1. The highest BCUT2D eigenvalue weighted by Gasteiger charge is 2.34. The number of nitrogens with zero attached hydrogens (tertiary/aromatic N) is 1. The molecule has 0 spiro atoms. The predicted octanol–water partition coefficient (Wildman–Crippen LogP) is 6.72. The maximum Gasteiger partial charge on any atom is 0.339 e. The fourth-order valence-electron chi connectivity index (χ4n) is 5.44. The van der Waals surface area contributed by atoms with Gasteiger partial charge >= 0.3 is 5.97 Å². The average molecular weight is 548 g/mol. The van der Waals surface area contributed by atoms with Crippen LogP contribution in [0.1, 0.15) is 50.1 Å². The summed E-state index contributed by atoms with van der Waals surface area (Å²) in [5, 5.41) is 11.1. The number of hydrogen-bond acceptors (Lipinski definition) is 4. The van der Waals surface area contributed by atoms with Crippen molar-refractivity contribution in [1.29, 1.82) is 0 Å². The fourth-order valence-corrected chi connectivity index (χ4v) is 5.44. The molecule has 4 aromatic rings. The molecule has 6 nitrogen and oxygen atoms in total. The van der Waals surface area contributed by atoms with E-state index in [1.165, 1.54) is 29.8 Å². The number of halogens is 2. The maximum absolute atomic E-state index is 15.5. The molecule has 1 N–H and O–H groups in total. The van der Waals surface area contributed by atoms with Gasteiger partial charge in [0.15, 0.2) is 17.7 Å². The summed E-state index contributed by atoms with van der Waals surface area (Å²) in [6.45, 7) is 7.48. The second-order valence-electron chi connectivity index (χ2n) is 11.1. The Labute approximate surface area is 230 Å². The van der Waals surface area contributed by atoms with Crippen molar-refractivity contribution >= 4 is 16.7 Å². The molecule has 5 rings (SSSR count). The molecule has 0 saturated heterocycles. The quantitative estimate of drug-likeness (QED) is 0.300. The summed E-state index contributed by atoms with van der Waals surface area (Å²) in [5.41, 5.74) is 2.58. The molecule has 208 valence electrons. The van der Waals surface area contributed by atoms with Crippen LogP contribution in [0, 0.1) is 18.6 Å². The van der Waals surface area contributed by atoms with Crippen LogP contribution in [-0.2, 0) is 23.0 Å². The van der Waals surface area contributed by atoms with E-state index in [-0.39, 0.29) is 17.3 Å². The standard InChI is InChI=1S/C32H31F2NO5/c1-17-21-7-6-14-39-28(21)25(34)16-23(17)26-22-13-10-19(18-8-11-20(33)12-9-18)15-24(22)30(36)35(5)27(26)29(31(37)38)40-32(2,3)4/h8-13,15-16,29H,6-7,14H2,1-5H3,(H,37,38). The minimum absolute atomic E-state index is 0.119. The first kappa shape index (κ1) is 27.5. The molecule has 1 aliphatic heterocycles. The van der Waals surface area contributed by atoms with E-state index in [4.69, 9.17) is 9.47 Å². The smallest absolute Gasteiger partial charge is 0.339 e. The van der Waals surface area contributed by atoms with Crippen molar-refractivity contribution in [1.82, 2.24) is 4.57 Å². The van der Waals surface area contributed by atoms with Crippen molar-refractivity contribution in [3.63, 3.8) is 0 Å². The lowest BCUT2D eigenvalue weighted by atomic mass is 9.87. The normalized spacial score (nSPS) is 14.1. The van der Waals surface area contributed by atoms with Crippen LogP contribution in [-0.4, -0.2) is 27.9 Å². The molecule has 3 aromatic carbocycles. The van der Waals surface area contributed by atoms with Gasteiger partial charge in [0.2, 0.25) is 0 Å². The van der Waals surface area contributed by atoms with E-state index in [0.29, 0.717) is 46.1 Å². The largest absolute Gasteiger partial charge is 0.490 e. The molecule has 1 aromatic heterocycles. The third kappa shape index (κ3) is 4.88. The Kier molecular flexibility index (Phi) is 7.00. The first-order chi connectivity index (χ1) is 18.9. The molecule has 1 aliphatic rings. The van der Waals surface area contributed by atoms with Gasteiger partial charge in [-0.15, -0.1) is 0 Å². The summed E-state index contributed by atoms with van der Waals surface area (Å²) in [6.07, 6.45) is -0.173. The van der Waals surface area contributed by atoms with Crippen molar-refractivity contribution in [2.24, 2.45) is 7.05 Å². The molecule has 0 saturated carbocycles. The Morgan fingerprint density at radius 2 is 1.73 bits per heavy atom. The summed E-state index contributed by atoms with van der Waals surface area (Å²) in [6, 6.07) is 12.5. The minimum Gasteiger partial charge on any atom is -0.490 e. The molecular formula is C32H31F2NO5. The molecule has 1 atom stereocenters. The van der Waals surface area contributed by atoms with Crippen LogP contribution in [0.15, 0.2) is 53.3 Å². The number of carboxylic acids is 1. The molecule has 0 bridgehead atoms. The Morgan fingerprint density at radius 1 is 1.05 bits per heavy atom. The topological polar surface area (TPSA) is 77.8 Å². The second kappa shape index (κ2) is 10.2. The van der Waals surface area contributed by atoms with Crippen LogP contribution in [0.2, 0.25) is 0 Å². The summed E-state index contributed by atoms with van der Waals surface area (Å²) in [4.78, 5) is 26.5. The lowest BCUT2D eigenvalue weighted by molar-refractivity contribution is -0.161. The van der Waals surface area contributed by atoms with E-state index in [1.54, 1.807) is 51.1 Å². The van der Waals surface area contributed by atoms with Crippen molar-refractivity contribution < 1.29 is 28.2 Å². The number of hydrogen-bond donors (Lipinski definition) is 1. The second-order valence-corrected chi connectivity index (χ2v) is 11.1. The predicted molar refractivity (Wildman–Crippen MR) is 150 cm³/mol. The van der Waals surface area contributed by atoms with Crippen LogP contribution in [0.3, 0.4) is 0 Å². The maximum atomic E-state index is 15.5. The summed E-state index contributed by atoms with van der Waals surface area (Å²) < 4.78 is 42.0. The van der Waals surface area contributed by atoms with E-state index < -0.39 is 29.1 Å². The number of carboxylic acid groups (broad SMARTS) is 1. The van der Waals surface area contributed by atoms with Crippen LogP contribution < -0.4 is 10.3 Å². The number of fused-ring (bicyclic) bond motifs is 2. The molecular weight excluding hydrogens is 516 g/mol. The van der Waals surface area contributed by atoms with Crippen LogP contribution in [0.4, 0.5) is 8.78 Å². The van der Waals surface area contributed by atoms with E-state index in [2.05, 4.69) is 0 Å². The Bertz CT molecular complexity index is 1700. The number of aliphatic carboxylic acids is 1. The monoisotopic (exact) mass is 547 g/mol. The third-order valence-electron chi connectivity index (χ3n) is 7.27. The highest BCUT2D eigenvalue weighted by Crippen LogP contribution is 2.43. The Hall–Kier alpha value is -4.04. The van der Waals surface area contributed by atoms with E-state index >= 15 is 4.39 Å². The number of carbonyl (C=O) groups is 1. The van der Waals surface area contributed by atoms with E-state index in [9.17, 15) is 19.1 Å². The Balaban J connectivity index is 1.89. The summed E-state index contributed by atoms with van der Waals surface area (Å²) >= 11 is 0. The van der Waals surface area contributed by atoms with Gasteiger partial charge in [-0.1, -0.05) is 24.3 Å². The van der Waals surface area contributed by atoms with Crippen molar-refractivity contribution in [2.45, 2.75) is 52.2 Å². The summed E-state index contributed by atoms with van der Waals surface area (Å²) in [7, 11) is 1.50. The van der Waals surface area contributed by atoms with Crippen molar-refractivity contribution in [3.05, 3.63) is 87.3 Å². The number of pyridine rings is 1. The van der Waals surface area contributed by atoms with Crippen molar-refractivity contribution in [2.75, 3.05) is 6.61 Å². The molecule has 0 aliphatic carbocycles. The van der Waals surface area contributed by atoms with Crippen LogP contribution >= 0.6 is 0 Å². The molecule has 1 unspecified atom stereocenters. The van der Waals surface area contributed by atoms with E-state index in [0.717, 1.165) is 17.5 Å². The molecule has 2 heterocycles. The Morgan fingerprint density at radius 3 is 2.38 bits per heavy atom. The van der Waals surface area contributed by atoms with Crippen LogP contribution in [0.5, 0.6) is 5.75 Å². The average Bonchev–Trinajstić information content (AvgIpc) is 2.91. The first-order valence-electron chi connectivity index (χ1n) is 13.2. The SMILES string of the molecule is Cc1c(-c2c(C(OC(C)(C)C)C(=O)O)n(C)c(=O)c3cc(-c4ccc(F)cc4)ccc23)cc(F)c2c1CCCO2. The zero-order valence-corrected chi connectivity index (χ0v) is 23.1. The van der Waals surface area contributed by atoms with Gasteiger partial charge in [0.25, 0.3) is 5.56 Å². The number of benzene rings is 3. The third-order valence-corrected chi connectivity index (χ3v) is 7.27. The first-order valence-corrected chi connectivity index (χ1v) is 13.2. The molecule has 40 heavy (non-hydrogen) atoms. The molecule has 8 heteroatoms. The van der Waals surface area contributed by atoms with Gasteiger partial charge in [-0.05, 0) is 92.4 Å². The lowest BCUT2D eigenvalue weighted by Crippen LogP contribution is -2.33. The minimum atomic E-state index is -1.51.